The summed E-state index contributed by atoms with van der Waals surface area (Å²) >= 11 is 5.91. The summed E-state index contributed by atoms with van der Waals surface area (Å²) in [7, 11) is -7.97. The molecule has 0 radical (unpaired) electrons. The van der Waals surface area contributed by atoms with Crippen LogP contribution in [0.15, 0.2) is 99.8 Å². The highest BCUT2D eigenvalue weighted by molar-refractivity contribution is 7.95. The number of morpholine rings is 1. The van der Waals surface area contributed by atoms with E-state index in [4.69, 9.17) is 16.3 Å². The quantitative estimate of drug-likeness (QED) is 0.288. The third-order valence-corrected chi connectivity index (χ3v) is 10.1. The molecule has 0 bridgehead atoms. The Kier molecular flexibility index (Phi) is 7.89. The van der Waals surface area contributed by atoms with Gasteiger partial charge in [0.2, 0.25) is 19.9 Å². The predicted molar refractivity (Wildman–Crippen MR) is 151 cm³/mol. The summed E-state index contributed by atoms with van der Waals surface area (Å²) in [5.74, 6) is 0. The third kappa shape index (κ3) is 5.58. The molecule has 204 valence electrons. The SMILES string of the molecule is N#C/C(=C\c1cn(-c2ccccc2)nc1-c1cccc(S(=O)(=O)N2CCOCC2)c1)S(=O)(=O)c1ccc(Cl)cc1. The highest BCUT2D eigenvalue weighted by atomic mass is 35.5. The monoisotopic (exact) mass is 594 g/mol. The first-order chi connectivity index (χ1) is 19.2. The molecule has 0 amide bonds. The first-order valence-electron chi connectivity index (χ1n) is 12.2. The largest absolute Gasteiger partial charge is 0.379 e. The lowest BCUT2D eigenvalue weighted by molar-refractivity contribution is 0.0730. The summed E-state index contributed by atoms with van der Waals surface area (Å²) in [6.07, 6.45) is 2.84. The second-order valence-electron chi connectivity index (χ2n) is 8.84. The van der Waals surface area contributed by atoms with Crippen molar-refractivity contribution in [3.8, 4) is 23.0 Å². The van der Waals surface area contributed by atoms with Crippen LogP contribution < -0.4 is 0 Å². The van der Waals surface area contributed by atoms with Gasteiger partial charge in [0.25, 0.3) is 0 Å². The van der Waals surface area contributed by atoms with Crippen LogP contribution in [0.4, 0.5) is 0 Å². The molecule has 0 unspecified atom stereocenters. The molecule has 1 fully saturated rings. The number of nitriles is 1. The van der Waals surface area contributed by atoms with E-state index in [-0.39, 0.29) is 22.9 Å². The Hall–Kier alpha value is -3.79. The number of rotatable bonds is 7. The van der Waals surface area contributed by atoms with Crippen LogP contribution in [0.5, 0.6) is 0 Å². The van der Waals surface area contributed by atoms with Crippen LogP contribution >= 0.6 is 11.6 Å². The second-order valence-corrected chi connectivity index (χ2v) is 13.1. The molecule has 0 atom stereocenters. The number of allylic oxidation sites excluding steroid dienone is 1. The molecule has 40 heavy (non-hydrogen) atoms. The van der Waals surface area contributed by atoms with Gasteiger partial charge in [-0.25, -0.2) is 21.5 Å². The number of halogens is 1. The zero-order valence-corrected chi connectivity index (χ0v) is 23.4. The fourth-order valence-electron chi connectivity index (χ4n) is 4.22. The number of sulfonamides is 1. The standard InChI is InChI=1S/C28H23ClN4O5S2/c29-23-9-11-25(12-10-23)39(34,35)27(19-30)18-22-20-33(24-6-2-1-3-7-24)31-28(22)21-5-4-8-26(17-21)40(36,37)32-13-15-38-16-14-32/h1-12,17-18,20H,13-16H2/b27-18+. The minimum absolute atomic E-state index is 0.0744. The number of sulfone groups is 1. The summed E-state index contributed by atoms with van der Waals surface area (Å²) in [5.41, 5.74) is 1.76. The summed E-state index contributed by atoms with van der Waals surface area (Å²) in [6, 6.07) is 22.8. The average molecular weight is 595 g/mol. The van der Waals surface area contributed by atoms with Crippen LogP contribution in [0.1, 0.15) is 5.56 Å². The Balaban J connectivity index is 1.64. The van der Waals surface area contributed by atoms with Gasteiger partial charge >= 0.3 is 0 Å². The first-order valence-corrected chi connectivity index (χ1v) is 15.5. The van der Waals surface area contributed by atoms with Gasteiger partial charge in [0.05, 0.1) is 28.7 Å². The number of hydrogen-bond acceptors (Lipinski definition) is 7. The van der Waals surface area contributed by atoms with Gasteiger partial charge in [-0.3, -0.25) is 0 Å². The van der Waals surface area contributed by atoms with E-state index in [1.165, 1.54) is 46.8 Å². The molecular formula is C28H23ClN4O5S2. The van der Waals surface area contributed by atoms with Crippen molar-refractivity contribution >= 4 is 37.5 Å². The molecule has 4 aromatic rings. The summed E-state index contributed by atoms with van der Waals surface area (Å²) in [6.45, 7) is 1.12. The maximum atomic E-state index is 13.3. The first kappa shape index (κ1) is 27.8. The van der Waals surface area contributed by atoms with Gasteiger partial charge in [0.1, 0.15) is 16.7 Å². The Bertz CT molecular complexity index is 1820. The molecule has 0 N–H and O–H groups in total. The highest BCUT2D eigenvalue weighted by Gasteiger charge is 2.27. The van der Waals surface area contributed by atoms with E-state index in [2.05, 4.69) is 5.10 Å². The fraction of sp³-hybridized carbons (Fsp3) is 0.143. The number of aromatic nitrogens is 2. The van der Waals surface area contributed by atoms with Crippen LogP contribution in [0, 0.1) is 11.3 Å². The Morgan fingerprint density at radius 2 is 1.62 bits per heavy atom. The lowest BCUT2D eigenvalue weighted by Gasteiger charge is -2.26. The van der Waals surface area contributed by atoms with Crippen molar-refractivity contribution in [3.05, 3.63) is 101 Å². The fourth-order valence-corrected chi connectivity index (χ4v) is 6.95. The molecular weight excluding hydrogens is 572 g/mol. The minimum atomic E-state index is -4.18. The van der Waals surface area contributed by atoms with Crippen LogP contribution in [0.25, 0.3) is 23.0 Å². The van der Waals surface area contributed by atoms with Crippen LogP contribution in [0.3, 0.4) is 0 Å². The number of benzene rings is 3. The van der Waals surface area contributed by atoms with E-state index < -0.39 is 24.8 Å². The van der Waals surface area contributed by atoms with Gasteiger partial charge in [0.15, 0.2) is 0 Å². The van der Waals surface area contributed by atoms with Crippen molar-refractivity contribution in [2.75, 3.05) is 26.3 Å². The van der Waals surface area contributed by atoms with E-state index in [9.17, 15) is 22.1 Å². The normalized spacial score (nSPS) is 15.1. The highest BCUT2D eigenvalue weighted by Crippen LogP contribution is 2.31. The van der Waals surface area contributed by atoms with E-state index in [1.54, 1.807) is 29.1 Å². The molecule has 12 heteroatoms. The van der Waals surface area contributed by atoms with Gasteiger partial charge in [-0.15, -0.1) is 0 Å². The van der Waals surface area contributed by atoms with Crippen molar-refractivity contribution in [2.45, 2.75) is 9.79 Å². The van der Waals surface area contributed by atoms with Crippen molar-refractivity contribution in [1.82, 2.24) is 14.1 Å². The topological polar surface area (TPSA) is 122 Å². The Morgan fingerprint density at radius 1 is 0.925 bits per heavy atom. The van der Waals surface area contributed by atoms with Crippen LogP contribution in [-0.2, 0) is 24.6 Å². The molecule has 0 spiro atoms. The zero-order valence-electron chi connectivity index (χ0n) is 21.0. The van der Waals surface area contributed by atoms with Gasteiger partial charge in [0, 0.05) is 35.4 Å². The van der Waals surface area contributed by atoms with Crippen molar-refractivity contribution in [3.63, 3.8) is 0 Å². The number of nitrogens with zero attached hydrogens (tertiary/aromatic N) is 4. The molecule has 3 aromatic carbocycles. The average Bonchev–Trinajstić information content (AvgIpc) is 3.41. The zero-order chi connectivity index (χ0) is 28.3. The van der Waals surface area contributed by atoms with Crippen molar-refractivity contribution in [2.24, 2.45) is 0 Å². The molecule has 0 aliphatic carbocycles. The molecule has 1 aliphatic rings. The molecule has 1 aliphatic heterocycles. The molecule has 1 saturated heterocycles. The van der Waals surface area contributed by atoms with Gasteiger partial charge in [-0.05, 0) is 54.6 Å². The maximum Gasteiger partial charge on any atom is 0.243 e. The molecule has 2 heterocycles. The smallest absolute Gasteiger partial charge is 0.243 e. The van der Waals surface area contributed by atoms with E-state index in [0.29, 0.717) is 40.7 Å². The molecule has 1 aromatic heterocycles. The maximum absolute atomic E-state index is 13.3. The molecule has 9 nitrogen and oxygen atoms in total. The summed E-state index contributed by atoms with van der Waals surface area (Å²) < 4.78 is 61.5. The van der Waals surface area contributed by atoms with Crippen molar-refractivity contribution < 1.29 is 21.6 Å². The van der Waals surface area contributed by atoms with Crippen LogP contribution in [0.2, 0.25) is 5.02 Å². The lowest BCUT2D eigenvalue weighted by atomic mass is 10.1. The van der Waals surface area contributed by atoms with Crippen molar-refractivity contribution in [1.29, 1.82) is 5.26 Å². The molecule has 0 saturated carbocycles. The Morgan fingerprint density at radius 3 is 2.30 bits per heavy atom. The summed E-state index contributed by atoms with van der Waals surface area (Å²) in [5, 5.41) is 14.9. The summed E-state index contributed by atoms with van der Waals surface area (Å²) in [4.78, 5) is -0.508. The van der Waals surface area contributed by atoms with Gasteiger partial charge < -0.3 is 4.74 Å². The number of ether oxygens (including phenoxy) is 1. The second kappa shape index (κ2) is 11.4. The van der Waals surface area contributed by atoms with E-state index in [1.807, 2.05) is 30.3 Å². The van der Waals surface area contributed by atoms with E-state index >= 15 is 0 Å². The van der Waals surface area contributed by atoms with Gasteiger partial charge in [-0.2, -0.15) is 14.7 Å². The Labute approximate surface area is 237 Å². The molecule has 5 rings (SSSR count). The predicted octanol–water partition coefficient (Wildman–Crippen LogP) is 4.55. The van der Waals surface area contributed by atoms with E-state index in [0.717, 1.165) is 0 Å². The lowest BCUT2D eigenvalue weighted by Crippen LogP contribution is -2.40. The van der Waals surface area contributed by atoms with Crippen LogP contribution in [-0.4, -0.2) is 57.2 Å². The number of hydrogen-bond donors (Lipinski definition) is 0. The minimum Gasteiger partial charge on any atom is -0.379 e. The number of para-hydroxylation sites is 1. The van der Waals surface area contributed by atoms with Gasteiger partial charge in [-0.1, -0.05) is 41.9 Å². The third-order valence-electron chi connectivity index (χ3n) is 6.29.